The summed E-state index contributed by atoms with van der Waals surface area (Å²) in [6, 6.07) is 29.6. The second-order valence-electron chi connectivity index (χ2n) is 10.2. The maximum atomic E-state index is 12.9. The predicted octanol–water partition coefficient (Wildman–Crippen LogP) is 4.28. The quantitative estimate of drug-likeness (QED) is 0.487. The Morgan fingerprint density at radius 2 is 1.36 bits per heavy atom. The largest absolute Gasteiger partial charge is 0.481 e. The van der Waals surface area contributed by atoms with Gasteiger partial charge in [-0.2, -0.15) is 0 Å². The molecule has 0 bridgehead atoms. The van der Waals surface area contributed by atoms with Crippen molar-refractivity contribution in [1.82, 2.24) is 4.90 Å². The lowest BCUT2D eigenvalue weighted by molar-refractivity contribution is -0.143. The SMILES string of the molecule is CC(C)(C)[Si](O[C@H]1CN(C(=O)OCc2ccccc2)C[C@@H]1C(=O)O)(c1ccccc1)c1ccccc1. The average Bonchev–Trinajstić information content (AvgIpc) is 3.31. The van der Waals surface area contributed by atoms with Crippen LogP contribution >= 0.6 is 0 Å². The molecule has 0 saturated carbocycles. The van der Waals surface area contributed by atoms with Gasteiger partial charge in [-0.25, -0.2) is 4.79 Å². The van der Waals surface area contributed by atoms with Gasteiger partial charge in [0.1, 0.15) is 12.5 Å². The van der Waals surface area contributed by atoms with Crippen molar-refractivity contribution in [1.29, 1.82) is 0 Å². The molecule has 3 aromatic carbocycles. The molecule has 6 nitrogen and oxygen atoms in total. The number of hydrogen-bond donors (Lipinski definition) is 1. The van der Waals surface area contributed by atoms with Gasteiger partial charge in [-0.1, -0.05) is 112 Å². The third-order valence-corrected chi connectivity index (χ3v) is 11.9. The van der Waals surface area contributed by atoms with E-state index >= 15 is 0 Å². The Kier molecular flexibility index (Phi) is 7.61. The zero-order valence-corrected chi connectivity index (χ0v) is 22.0. The van der Waals surface area contributed by atoms with E-state index in [1.54, 1.807) is 0 Å². The number of carbonyl (C=O) groups is 2. The van der Waals surface area contributed by atoms with Gasteiger partial charge >= 0.3 is 12.1 Å². The van der Waals surface area contributed by atoms with Crippen LogP contribution in [0.2, 0.25) is 5.04 Å². The number of likely N-dealkylation sites (tertiary alicyclic amines) is 1. The second kappa shape index (κ2) is 10.7. The average molecular weight is 504 g/mol. The normalized spacial score (nSPS) is 18.1. The molecule has 1 fully saturated rings. The van der Waals surface area contributed by atoms with Gasteiger partial charge in [-0.15, -0.1) is 0 Å². The van der Waals surface area contributed by atoms with E-state index in [0.29, 0.717) is 0 Å². The number of hydrogen-bond acceptors (Lipinski definition) is 4. The maximum absolute atomic E-state index is 12.9. The monoisotopic (exact) mass is 503 g/mol. The molecule has 0 unspecified atom stereocenters. The van der Waals surface area contributed by atoms with E-state index in [2.05, 4.69) is 45.0 Å². The maximum Gasteiger partial charge on any atom is 0.410 e. The minimum Gasteiger partial charge on any atom is -0.481 e. The van der Waals surface area contributed by atoms with Gasteiger partial charge < -0.3 is 19.2 Å². The van der Waals surface area contributed by atoms with Crippen LogP contribution in [0.3, 0.4) is 0 Å². The molecular formula is C29H33NO5Si. The van der Waals surface area contributed by atoms with E-state index in [0.717, 1.165) is 15.9 Å². The number of ether oxygens (including phenoxy) is 1. The lowest BCUT2D eigenvalue weighted by Crippen LogP contribution is -2.68. The van der Waals surface area contributed by atoms with Crippen LogP contribution in [-0.2, 0) is 20.6 Å². The van der Waals surface area contributed by atoms with Crippen molar-refractivity contribution in [2.75, 3.05) is 13.1 Å². The lowest BCUT2D eigenvalue weighted by atomic mass is 10.1. The molecule has 1 aliphatic rings. The summed E-state index contributed by atoms with van der Waals surface area (Å²) < 4.78 is 12.6. The third kappa shape index (κ3) is 5.22. The summed E-state index contributed by atoms with van der Waals surface area (Å²) in [7, 11) is -2.98. The van der Waals surface area contributed by atoms with Crippen LogP contribution in [-0.4, -0.2) is 49.6 Å². The van der Waals surface area contributed by atoms with Crippen LogP contribution in [0.5, 0.6) is 0 Å². The van der Waals surface area contributed by atoms with Crippen molar-refractivity contribution in [3.63, 3.8) is 0 Å². The van der Waals surface area contributed by atoms with Gasteiger partial charge in [0.05, 0.1) is 6.10 Å². The Hall–Kier alpha value is -3.42. The molecule has 1 amide bonds. The number of rotatable bonds is 7. The highest BCUT2D eigenvalue weighted by Crippen LogP contribution is 2.39. The van der Waals surface area contributed by atoms with Crippen LogP contribution in [0.1, 0.15) is 26.3 Å². The lowest BCUT2D eigenvalue weighted by Gasteiger charge is -2.45. The molecule has 0 radical (unpaired) electrons. The minimum atomic E-state index is -2.98. The summed E-state index contributed by atoms with van der Waals surface area (Å²) in [5, 5.41) is 11.9. The highest BCUT2D eigenvalue weighted by atomic mass is 28.4. The van der Waals surface area contributed by atoms with Crippen LogP contribution in [0.25, 0.3) is 0 Å². The Balaban J connectivity index is 1.65. The van der Waals surface area contributed by atoms with Crippen molar-refractivity contribution in [2.45, 2.75) is 38.5 Å². The zero-order chi connectivity index (χ0) is 25.8. The highest BCUT2D eigenvalue weighted by Gasteiger charge is 2.54. The molecule has 188 valence electrons. The summed E-state index contributed by atoms with van der Waals surface area (Å²) in [6.07, 6.45) is -1.20. The first kappa shape index (κ1) is 25.7. The molecular weight excluding hydrogens is 470 g/mol. The van der Waals surface area contributed by atoms with Crippen molar-refractivity contribution >= 4 is 30.8 Å². The van der Waals surface area contributed by atoms with Gasteiger partial charge in [0.2, 0.25) is 0 Å². The fourth-order valence-electron chi connectivity index (χ4n) is 5.01. The van der Waals surface area contributed by atoms with Gasteiger partial charge in [-0.05, 0) is 21.0 Å². The Labute approximate surface area is 213 Å². The number of aliphatic carboxylic acids is 1. The van der Waals surface area contributed by atoms with Gasteiger partial charge in [0.25, 0.3) is 8.32 Å². The Bertz CT molecular complexity index is 1130. The molecule has 4 rings (SSSR count). The molecule has 2 atom stereocenters. The van der Waals surface area contributed by atoms with Gasteiger partial charge in [0, 0.05) is 13.1 Å². The fourth-order valence-corrected chi connectivity index (χ4v) is 9.72. The van der Waals surface area contributed by atoms with Crippen LogP contribution in [0.15, 0.2) is 91.0 Å². The number of benzene rings is 3. The topological polar surface area (TPSA) is 76.1 Å². The first-order chi connectivity index (χ1) is 17.2. The smallest absolute Gasteiger partial charge is 0.410 e. The van der Waals surface area contributed by atoms with Gasteiger partial charge in [-0.3, -0.25) is 4.79 Å². The minimum absolute atomic E-state index is 0.0474. The van der Waals surface area contributed by atoms with Crippen molar-refractivity contribution in [2.24, 2.45) is 5.92 Å². The molecule has 1 heterocycles. The van der Waals surface area contributed by atoms with E-state index in [-0.39, 0.29) is 24.7 Å². The Morgan fingerprint density at radius 1 is 0.861 bits per heavy atom. The molecule has 7 heteroatoms. The highest BCUT2D eigenvalue weighted by molar-refractivity contribution is 6.99. The number of carboxylic acids is 1. The van der Waals surface area contributed by atoms with Crippen molar-refractivity contribution in [3.8, 4) is 0 Å². The number of carboxylic acid groups (broad SMARTS) is 1. The molecule has 0 spiro atoms. The van der Waals surface area contributed by atoms with Crippen LogP contribution < -0.4 is 10.4 Å². The first-order valence-corrected chi connectivity index (χ1v) is 14.1. The molecule has 1 aliphatic heterocycles. The molecule has 0 aromatic heterocycles. The molecule has 1 saturated heterocycles. The number of nitrogens with zero attached hydrogens (tertiary/aromatic N) is 1. The molecule has 0 aliphatic carbocycles. The van der Waals surface area contributed by atoms with Crippen molar-refractivity contribution in [3.05, 3.63) is 96.6 Å². The zero-order valence-electron chi connectivity index (χ0n) is 21.0. The number of carbonyl (C=O) groups excluding carboxylic acids is 1. The fraction of sp³-hybridized carbons (Fsp3) is 0.310. The summed E-state index contributed by atoms with van der Waals surface area (Å²) in [4.78, 5) is 26.7. The van der Waals surface area contributed by atoms with E-state index in [1.807, 2.05) is 66.7 Å². The van der Waals surface area contributed by atoms with E-state index < -0.39 is 32.4 Å². The number of amides is 1. The summed E-state index contributed by atoms with van der Waals surface area (Å²) in [6.45, 7) is 6.79. The molecule has 3 aromatic rings. The predicted molar refractivity (Wildman–Crippen MR) is 142 cm³/mol. The molecule has 36 heavy (non-hydrogen) atoms. The standard InChI is InChI=1S/C29H33NO5Si/c1-29(2,3)36(23-15-9-5-10-16-23,24-17-11-6-12-18-24)35-26-20-30(19-25(26)27(31)32)28(33)34-21-22-13-7-4-8-14-22/h4-18,25-26H,19-21H2,1-3H3,(H,31,32)/t25-,26-/m0/s1. The second-order valence-corrected chi connectivity index (χ2v) is 14.5. The van der Waals surface area contributed by atoms with E-state index in [1.165, 1.54) is 4.90 Å². The van der Waals surface area contributed by atoms with Gasteiger partial charge in [0.15, 0.2) is 0 Å². The van der Waals surface area contributed by atoms with Crippen LogP contribution in [0.4, 0.5) is 4.79 Å². The Morgan fingerprint density at radius 3 is 1.83 bits per heavy atom. The summed E-state index contributed by atoms with van der Waals surface area (Å²) in [5.41, 5.74) is 0.875. The van der Waals surface area contributed by atoms with E-state index in [4.69, 9.17) is 9.16 Å². The molecule has 1 N–H and O–H groups in total. The van der Waals surface area contributed by atoms with E-state index in [9.17, 15) is 14.7 Å². The summed E-state index contributed by atoms with van der Waals surface area (Å²) >= 11 is 0. The first-order valence-electron chi connectivity index (χ1n) is 12.2. The third-order valence-electron chi connectivity index (χ3n) is 6.79. The summed E-state index contributed by atoms with van der Waals surface area (Å²) in [5.74, 6) is -1.83. The van der Waals surface area contributed by atoms with Crippen molar-refractivity contribution < 1.29 is 23.9 Å². The van der Waals surface area contributed by atoms with Crippen LogP contribution in [0, 0.1) is 5.92 Å².